The van der Waals surface area contributed by atoms with Crippen molar-refractivity contribution in [3.05, 3.63) is 42.2 Å². The zero-order valence-corrected chi connectivity index (χ0v) is 11.4. The Balaban J connectivity index is 1.95. The number of hydrogen-bond acceptors (Lipinski definition) is 4. The third-order valence-electron chi connectivity index (χ3n) is 2.58. The summed E-state index contributed by atoms with van der Waals surface area (Å²) in [5.41, 5.74) is 2.46. The Morgan fingerprint density at radius 3 is 2.42 bits per heavy atom. The van der Waals surface area contributed by atoms with E-state index in [1.165, 1.54) is 0 Å². The van der Waals surface area contributed by atoms with Crippen LogP contribution in [0, 0.1) is 0 Å². The molecule has 0 aliphatic rings. The molecule has 1 heterocycles. The van der Waals surface area contributed by atoms with Gasteiger partial charge in [-0.05, 0) is 37.3 Å². The summed E-state index contributed by atoms with van der Waals surface area (Å²) in [4.78, 5) is 0. The molecule has 19 heavy (non-hydrogen) atoms. The number of nitrogens with one attached hydrogen (secondary N) is 3. The molecule has 0 unspecified atom stereocenters. The molecular weight excluding hydrogens is 264 g/mol. The quantitative estimate of drug-likeness (QED) is 0.752. The van der Waals surface area contributed by atoms with E-state index in [4.69, 9.17) is 0 Å². The van der Waals surface area contributed by atoms with E-state index >= 15 is 0 Å². The third kappa shape index (κ3) is 3.99. The molecule has 0 saturated heterocycles. The van der Waals surface area contributed by atoms with E-state index in [1.54, 1.807) is 25.3 Å². The fraction of sp³-hybridized carbons (Fsp3) is 0.250. The van der Waals surface area contributed by atoms with Gasteiger partial charge >= 0.3 is 0 Å². The minimum atomic E-state index is -3.22. The van der Waals surface area contributed by atoms with Gasteiger partial charge < -0.3 is 5.32 Å². The summed E-state index contributed by atoms with van der Waals surface area (Å²) in [6.45, 7) is 2.24. The van der Waals surface area contributed by atoms with Crippen LogP contribution in [0.3, 0.4) is 0 Å². The molecule has 0 aliphatic heterocycles. The second-order valence-electron chi connectivity index (χ2n) is 4.02. The fourth-order valence-electron chi connectivity index (χ4n) is 1.49. The van der Waals surface area contributed by atoms with Gasteiger partial charge in [-0.15, -0.1) is 0 Å². The second kappa shape index (κ2) is 5.75. The van der Waals surface area contributed by atoms with Crippen molar-refractivity contribution in [2.45, 2.75) is 13.5 Å². The van der Waals surface area contributed by atoms with E-state index in [2.05, 4.69) is 20.2 Å². The standard InChI is InChI=1S/C12H16N4O2S/c1-2-19(17,18)16-11-5-3-10(4-6-11)13-9-12-7-8-14-15-12/h3-8,13,16H,2,9H2,1H3,(H,14,15). The number of rotatable bonds is 6. The lowest BCUT2D eigenvalue weighted by Gasteiger charge is -2.08. The Morgan fingerprint density at radius 1 is 1.16 bits per heavy atom. The normalized spacial score (nSPS) is 11.2. The predicted molar refractivity (Wildman–Crippen MR) is 75.4 cm³/mol. The van der Waals surface area contributed by atoms with E-state index in [9.17, 15) is 8.42 Å². The number of hydrogen-bond donors (Lipinski definition) is 3. The number of aromatic nitrogens is 2. The van der Waals surface area contributed by atoms with E-state index in [-0.39, 0.29) is 5.75 Å². The van der Waals surface area contributed by atoms with Crippen molar-refractivity contribution in [2.75, 3.05) is 15.8 Å². The van der Waals surface area contributed by atoms with Gasteiger partial charge in [0.1, 0.15) is 0 Å². The van der Waals surface area contributed by atoms with Crippen LogP contribution in [-0.4, -0.2) is 24.4 Å². The summed E-state index contributed by atoms with van der Waals surface area (Å²) in [6, 6.07) is 8.98. The summed E-state index contributed by atoms with van der Waals surface area (Å²) in [6.07, 6.45) is 1.69. The molecule has 7 heteroatoms. The highest BCUT2D eigenvalue weighted by molar-refractivity contribution is 7.92. The fourth-order valence-corrected chi connectivity index (χ4v) is 2.13. The van der Waals surface area contributed by atoms with Crippen LogP contribution in [0.1, 0.15) is 12.6 Å². The minimum absolute atomic E-state index is 0.0623. The van der Waals surface area contributed by atoms with Crippen LogP contribution in [0.4, 0.5) is 11.4 Å². The SMILES string of the molecule is CCS(=O)(=O)Nc1ccc(NCc2ccn[nH]2)cc1. The number of H-pyrrole nitrogens is 1. The lowest BCUT2D eigenvalue weighted by Crippen LogP contribution is -2.14. The summed E-state index contributed by atoms with van der Waals surface area (Å²) < 4.78 is 25.3. The summed E-state index contributed by atoms with van der Waals surface area (Å²) in [7, 11) is -3.22. The first-order valence-corrected chi connectivity index (χ1v) is 7.57. The molecule has 0 radical (unpaired) electrons. The van der Waals surface area contributed by atoms with Crippen LogP contribution in [0.2, 0.25) is 0 Å². The molecule has 0 atom stereocenters. The highest BCUT2D eigenvalue weighted by atomic mass is 32.2. The molecule has 0 aliphatic carbocycles. The molecule has 1 aromatic heterocycles. The molecule has 0 saturated carbocycles. The van der Waals surface area contributed by atoms with Crippen molar-refractivity contribution in [1.29, 1.82) is 0 Å². The second-order valence-corrected chi connectivity index (χ2v) is 6.03. The van der Waals surface area contributed by atoms with Gasteiger partial charge in [0.25, 0.3) is 0 Å². The van der Waals surface area contributed by atoms with Gasteiger partial charge in [-0.2, -0.15) is 5.10 Å². The molecule has 0 bridgehead atoms. The predicted octanol–water partition coefficient (Wildman–Crippen LogP) is 1.78. The molecule has 1 aromatic carbocycles. The number of sulfonamides is 1. The maximum Gasteiger partial charge on any atom is 0.232 e. The third-order valence-corrected chi connectivity index (χ3v) is 3.89. The Bertz CT molecular complexity index is 606. The van der Waals surface area contributed by atoms with Crippen molar-refractivity contribution < 1.29 is 8.42 Å². The molecule has 2 rings (SSSR count). The zero-order chi connectivity index (χ0) is 13.7. The summed E-state index contributed by atoms with van der Waals surface area (Å²) in [5, 5.41) is 9.91. The monoisotopic (exact) mass is 280 g/mol. The van der Waals surface area contributed by atoms with Gasteiger partial charge in [-0.1, -0.05) is 0 Å². The van der Waals surface area contributed by atoms with Gasteiger partial charge in [-0.25, -0.2) is 8.42 Å². The largest absolute Gasteiger partial charge is 0.379 e. The number of anilines is 2. The van der Waals surface area contributed by atoms with Gasteiger partial charge in [0.05, 0.1) is 18.0 Å². The van der Waals surface area contributed by atoms with Crippen molar-refractivity contribution in [2.24, 2.45) is 0 Å². The van der Waals surface area contributed by atoms with Crippen LogP contribution >= 0.6 is 0 Å². The Morgan fingerprint density at radius 2 is 1.84 bits per heavy atom. The van der Waals surface area contributed by atoms with Crippen LogP contribution in [0.5, 0.6) is 0 Å². The average Bonchev–Trinajstić information content (AvgIpc) is 2.91. The molecular formula is C12H16N4O2S. The maximum atomic E-state index is 11.4. The Hall–Kier alpha value is -2.02. The topological polar surface area (TPSA) is 86.9 Å². The van der Waals surface area contributed by atoms with Gasteiger partial charge in [-0.3, -0.25) is 9.82 Å². The van der Waals surface area contributed by atoms with E-state index < -0.39 is 10.0 Å². The van der Waals surface area contributed by atoms with Gasteiger partial charge in [0, 0.05) is 17.6 Å². The van der Waals surface area contributed by atoms with E-state index in [0.717, 1.165) is 11.4 Å². The summed E-state index contributed by atoms with van der Waals surface area (Å²) in [5.74, 6) is 0.0623. The molecule has 102 valence electrons. The highest BCUT2D eigenvalue weighted by Gasteiger charge is 2.06. The van der Waals surface area contributed by atoms with Crippen molar-refractivity contribution in [3.63, 3.8) is 0 Å². The van der Waals surface area contributed by atoms with E-state index in [0.29, 0.717) is 12.2 Å². The van der Waals surface area contributed by atoms with Crippen molar-refractivity contribution >= 4 is 21.4 Å². The highest BCUT2D eigenvalue weighted by Crippen LogP contribution is 2.15. The molecule has 2 aromatic rings. The van der Waals surface area contributed by atoms with Gasteiger partial charge in [0.15, 0.2) is 0 Å². The Labute approximate surface area is 112 Å². The first-order valence-electron chi connectivity index (χ1n) is 5.92. The lowest BCUT2D eigenvalue weighted by molar-refractivity contribution is 0.602. The molecule has 0 fully saturated rings. The average molecular weight is 280 g/mol. The minimum Gasteiger partial charge on any atom is -0.379 e. The van der Waals surface area contributed by atoms with Crippen LogP contribution < -0.4 is 10.0 Å². The maximum absolute atomic E-state index is 11.4. The van der Waals surface area contributed by atoms with E-state index in [1.807, 2.05) is 18.2 Å². The first-order chi connectivity index (χ1) is 9.09. The Kier molecular flexibility index (Phi) is 4.06. The van der Waals surface area contributed by atoms with Crippen LogP contribution in [0.15, 0.2) is 36.5 Å². The molecule has 0 amide bonds. The van der Waals surface area contributed by atoms with Crippen molar-refractivity contribution in [3.8, 4) is 0 Å². The molecule has 0 spiro atoms. The number of aromatic amines is 1. The summed E-state index contributed by atoms with van der Waals surface area (Å²) >= 11 is 0. The smallest absolute Gasteiger partial charge is 0.232 e. The molecule has 6 nitrogen and oxygen atoms in total. The zero-order valence-electron chi connectivity index (χ0n) is 10.6. The lowest BCUT2D eigenvalue weighted by atomic mass is 10.3. The number of nitrogens with zero attached hydrogens (tertiary/aromatic N) is 1. The first kappa shape index (κ1) is 13.4. The molecule has 3 N–H and O–H groups in total. The van der Waals surface area contributed by atoms with Crippen LogP contribution in [0.25, 0.3) is 0 Å². The van der Waals surface area contributed by atoms with Crippen molar-refractivity contribution in [1.82, 2.24) is 10.2 Å². The van der Waals surface area contributed by atoms with Crippen LogP contribution in [-0.2, 0) is 16.6 Å². The number of benzene rings is 1. The van der Waals surface area contributed by atoms with Gasteiger partial charge in [0.2, 0.25) is 10.0 Å².